The summed E-state index contributed by atoms with van der Waals surface area (Å²) in [6, 6.07) is 35.7. The number of alkyl halides is 12. The zero-order valence-electron chi connectivity index (χ0n) is 57.4. The lowest BCUT2D eigenvalue weighted by Gasteiger charge is -2.08. The third kappa shape index (κ3) is 35.5. The van der Waals surface area contributed by atoms with Crippen LogP contribution in [0, 0.1) is 0 Å². The zero-order valence-corrected chi connectivity index (χ0v) is 62.1. The molecule has 0 saturated heterocycles. The molecule has 0 atom stereocenters. The number of amides is 6. The van der Waals surface area contributed by atoms with E-state index < -0.39 is 62.5 Å². The molecule has 0 radical (unpaired) electrons. The van der Waals surface area contributed by atoms with Gasteiger partial charge in [0, 0.05) is 72.8 Å². The van der Waals surface area contributed by atoms with Gasteiger partial charge in [-0.2, -0.15) is 52.7 Å². The first-order valence-corrected chi connectivity index (χ1v) is 34.8. The Hall–Kier alpha value is -11.5. The van der Waals surface area contributed by atoms with Crippen molar-refractivity contribution >= 4 is 110 Å². The quantitative estimate of drug-likeness (QED) is 0.0331. The van der Waals surface area contributed by atoms with Gasteiger partial charge in [-0.05, 0) is 36.4 Å². The van der Waals surface area contributed by atoms with Gasteiger partial charge in [-0.25, -0.2) is 76.0 Å². The van der Waals surface area contributed by atoms with Crippen molar-refractivity contribution in [2.24, 2.45) is 42.3 Å². The number of hydrogen-bond donors (Lipinski definition) is 6. The second-order valence-electron chi connectivity index (χ2n) is 21.1. The first-order chi connectivity index (χ1) is 50.5. The summed E-state index contributed by atoms with van der Waals surface area (Å²) in [7, 11) is -13.0. The van der Waals surface area contributed by atoms with Gasteiger partial charge >= 0.3 is 22.0 Å². The Labute approximate surface area is 639 Å². The van der Waals surface area contributed by atoms with Gasteiger partial charge in [-0.15, -0.1) is 0 Å². The fraction of sp³-hybridized carbons (Fsp3) is 0.164. The molecule has 0 aliphatic heterocycles. The molecule has 606 valence electrons. The molecular weight excluding hydrogens is 1660 g/mol. The highest BCUT2D eigenvalue weighted by atomic mass is 35.5. The molecule has 0 unspecified atom stereocenters. The molecule has 6 N–H and O–H groups in total. The Morgan fingerprint density at radius 1 is 0.259 bits per heavy atom. The summed E-state index contributed by atoms with van der Waals surface area (Å²) in [4.78, 5) is 86.6. The van der Waals surface area contributed by atoms with E-state index in [2.05, 4.69) is 46.9 Å². The summed E-state index contributed by atoms with van der Waals surface area (Å²) in [5.41, 5.74) is -17.6. The van der Waals surface area contributed by atoms with E-state index in [4.69, 9.17) is 51.9 Å². The van der Waals surface area contributed by atoms with Crippen LogP contribution in [0.15, 0.2) is 202 Å². The minimum absolute atomic E-state index is 0. The van der Waals surface area contributed by atoms with Crippen molar-refractivity contribution in [2.45, 2.75) is 22.0 Å². The van der Waals surface area contributed by atoms with Crippen LogP contribution < -0.4 is 84.1 Å². The molecule has 9 aromatic rings. The van der Waals surface area contributed by atoms with Crippen LogP contribution in [0.2, 0.25) is 0 Å². The van der Waals surface area contributed by atoms with E-state index in [9.17, 15) is 81.5 Å². The van der Waals surface area contributed by atoms with Crippen molar-refractivity contribution in [2.75, 3.05) is 31.9 Å². The Morgan fingerprint density at radius 2 is 0.357 bits per heavy atom. The standard InChI is InChI=1S/3C19H17N5O2.4CHF3O3S.2ClH/c3*1-23-10-6-14(7-11-23)20-18(25)16-4-3-5-17(22-16)19(26)21-15-8-12-24(2)13-9-15;4*2-1(3,4)8(5,6)7;;/h3*3-13H,1-2H3;4*(H,5,6,7);2*1H. The average Bonchev–Trinajstić information content (AvgIpc) is 0.801. The van der Waals surface area contributed by atoms with Gasteiger partial charge in [-0.3, -0.25) is 28.8 Å². The van der Waals surface area contributed by atoms with Gasteiger partial charge in [0.1, 0.15) is 76.4 Å². The Kier molecular flexibility index (Phi) is 37.5. The molecule has 0 fully saturated rings. The van der Waals surface area contributed by atoms with Gasteiger partial charge in [-0.1, -0.05) is 18.2 Å². The van der Waals surface area contributed by atoms with Crippen molar-refractivity contribution in [3.8, 4) is 0 Å². The van der Waals surface area contributed by atoms with Crippen LogP contribution >= 0.6 is 0 Å². The molecule has 33 nitrogen and oxygen atoms in total. The van der Waals surface area contributed by atoms with Crippen LogP contribution in [0.1, 0.15) is 62.9 Å². The van der Waals surface area contributed by atoms with Crippen molar-refractivity contribution in [1.82, 2.24) is 15.0 Å². The normalized spacial score (nSPS) is 11.1. The number of aryl methyl sites for hydroxylation is 6. The average molecular weight is 1720 g/mol. The Bertz CT molecular complexity index is 4390. The number of anilines is 6. The number of nitrogens with one attached hydrogen (secondary N) is 6. The second-order valence-corrected chi connectivity index (χ2v) is 26.5. The van der Waals surface area contributed by atoms with E-state index in [0.29, 0.717) is 34.1 Å². The summed E-state index contributed by atoms with van der Waals surface area (Å²) in [6.45, 7) is 0. The molecule has 0 saturated carbocycles. The monoisotopic (exact) mass is 1710 g/mol. The first kappa shape index (κ1) is 98.6. The molecule has 9 heterocycles. The number of rotatable bonds is 12. The minimum Gasteiger partial charge on any atom is -1.00 e. The number of carbonyl (C=O) groups is 6. The number of pyridine rings is 9. The molecule has 0 aliphatic rings. The topological polar surface area (TPSA) is 465 Å². The maximum absolute atomic E-state index is 12.4. The lowest BCUT2D eigenvalue weighted by molar-refractivity contribution is -0.671. The largest absolute Gasteiger partial charge is 1.00 e. The number of carbonyl (C=O) groups excluding carboxylic acids is 6. The smallest absolute Gasteiger partial charge is 0.485 e. The van der Waals surface area contributed by atoms with E-state index in [-0.39, 0.29) is 94.4 Å². The Morgan fingerprint density at radius 3 is 0.446 bits per heavy atom. The lowest BCUT2D eigenvalue weighted by Crippen LogP contribution is -3.00. The number of aromatic nitrogens is 9. The van der Waals surface area contributed by atoms with Crippen molar-refractivity contribution < 1.29 is 186 Å². The second kappa shape index (κ2) is 42.7. The van der Waals surface area contributed by atoms with Crippen LogP contribution in [0.25, 0.3) is 0 Å². The fourth-order valence-corrected chi connectivity index (χ4v) is 6.74. The highest BCUT2D eigenvalue weighted by Crippen LogP contribution is 2.23. The molecule has 0 spiro atoms. The van der Waals surface area contributed by atoms with E-state index in [1.54, 1.807) is 127 Å². The van der Waals surface area contributed by atoms with Gasteiger partial charge < -0.3 is 74.9 Å². The van der Waals surface area contributed by atoms with Crippen molar-refractivity contribution in [3.05, 3.63) is 236 Å². The fourth-order valence-electron chi connectivity index (χ4n) is 6.74. The maximum Gasteiger partial charge on any atom is 0.485 e. The molecule has 0 aliphatic carbocycles. The molecule has 9 aromatic heterocycles. The maximum atomic E-state index is 12.4. The van der Waals surface area contributed by atoms with Crippen LogP contribution in [0.4, 0.5) is 86.8 Å². The molecule has 112 heavy (non-hydrogen) atoms. The third-order valence-electron chi connectivity index (χ3n) is 12.2. The summed E-state index contributed by atoms with van der Waals surface area (Å²) >= 11 is 0. The van der Waals surface area contributed by atoms with Gasteiger partial charge in [0.15, 0.2) is 115 Å². The molecule has 51 heteroatoms. The summed E-state index contributed by atoms with van der Waals surface area (Å²) in [5, 5.41) is 16.5. The highest BCUT2D eigenvalue weighted by molar-refractivity contribution is 7.87. The lowest BCUT2D eigenvalue weighted by atomic mass is 10.2. The Balaban J connectivity index is 0.000000698. The van der Waals surface area contributed by atoms with Crippen LogP contribution in [-0.4, -0.2) is 124 Å². The third-order valence-corrected chi connectivity index (χ3v) is 14.5. The van der Waals surface area contributed by atoms with Gasteiger partial charge in [0.2, 0.25) is 0 Å². The molecule has 9 rings (SSSR count). The van der Waals surface area contributed by atoms with E-state index in [1.165, 1.54) is 0 Å². The van der Waals surface area contributed by atoms with E-state index >= 15 is 0 Å². The predicted molar refractivity (Wildman–Crippen MR) is 349 cm³/mol. The zero-order chi connectivity index (χ0) is 83.6. The minimum atomic E-state index is -6.09. The molecule has 0 aromatic carbocycles. The number of hydrogen-bond acceptors (Lipinski definition) is 21. The van der Waals surface area contributed by atoms with E-state index in [1.807, 2.05) is 144 Å². The van der Waals surface area contributed by atoms with E-state index in [0.717, 1.165) is 0 Å². The van der Waals surface area contributed by atoms with Crippen LogP contribution in [0.5, 0.6) is 0 Å². The summed E-state index contributed by atoms with van der Waals surface area (Å²) < 4.78 is 247. The molecular formula is C61H57Cl2F12N15O18S4. The number of halogens is 14. The molecule has 0 bridgehead atoms. The summed E-state index contributed by atoms with van der Waals surface area (Å²) in [6.07, 6.45) is 21.9. The summed E-state index contributed by atoms with van der Waals surface area (Å²) in [5.74, 6) is -2.25. The number of nitrogens with zero attached hydrogens (tertiary/aromatic N) is 9. The molecule has 6 amide bonds. The highest BCUT2D eigenvalue weighted by Gasteiger charge is 2.39. The van der Waals surface area contributed by atoms with Gasteiger partial charge in [0.25, 0.3) is 35.4 Å². The predicted octanol–water partition coefficient (Wildman–Crippen LogP) is -2.08. The first-order valence-electron chi connectivity index (χ1n) is 29.1. The van der Waals surface area contributed by atoms with Crippen LogP contribution in [0.3, 0.4) is 0 Å². The van der Waals surface area contributed by atoms with Crippen molar-refractivity contribution in [1.29, 1.82) is 0 Å². The SMILES string of the molecule is C[n+]1ccc(NC(=O)c2cccc(C(=O)Nc3cc[n+](C)cc3)n2)cc1.C[n+]1ccc(NC(=O)c2cccc(C(=O)Nc3cc[n+](C)cc3)n2)cc1.C[n+]1ccc(NC(=O)c2cccc(C(=O)Nc3cc[n+](C)cc3)n2)cc1.O=S(=O)([O-])C(F)(F)F.O=S(=O)([O-])C(F)(F)F.O=S(=O)([O-])C(F)(F)F.O=S(=O)([O-])C(F)(F)F.[Cl-].[Cl-]. The van der Waals surface area contributed by atoms with Gasteiger partial charge in [0.05, 0.1) is 34.1 Å². The van der Waals surface area contributed by atoms with Crippen molar-refractivity contribution in [3.63, 3.8) is 0 Å². The van der Waals surface area contributed by atoms with Crippen LogP contribution in [-0.2, 0) is 82.8 Å².